The number of aliphatic imine (C=N–C) groups is 1. The smallest absolute Gasteiger partial charge is 0.278 e. The van der Waals surface area contributed by atoms with Gasteiger partial charge in [0.15, 0.2) is 5.17 Å². The highest BCUT2D eigenvalue weighted by Crippen LogP contribution is 2.23. The van der Waals surface area contributed by atoms with Gasteiger partial charge in [0.2, 0.25) is 5.91 Å². The van der Waals surface area contributed by atoms with Gasteiger partial charge in [0.1, 0.15) is 5.70 Å². The van der Waals surface area contributed by atoms with Crippen molar-refractivity contribution in [3.63, 3.8) is 0 Å². The Balaban J connectivity index is 1.77. The van der Waals surface area contributed by atoms with E-state index in [1.807, 2.05) is 12.1 Å². The summed E-state index contributed by atoms with van der Waals surface area (Å²) < 4.78 is 0. The molecule has 7 heteroatoms. The zero-order valence-corrected chi connectivity index (χ0v) is 18.1. The zero-order chi connectivity index (χ0) is 20.4. The van der Waals surface area contributed by atoms with E-state index in [0.717, 1.165) is 18.4 Å². The van der Waals surface area contributed by atoms with E-state index in [0.29, 0.717) is 22.4 Å². The predicted octanol–water partition coefficient (Wildman–Crippen LogP) is 4.72. The molecule has 0 aliphatic carbocycles. The van der Waals surface area contributed by atoms with E-state index < -0.39 is 0 Å². The molecule has 1 aromatic carbocycles. The number of amidine groups is 1. The molecule has 0 atom stereocenters. The second-order valence-electron chi connectivity index (χ2n) is 6.75. The van der Waals surface area contributed by atoms with E-state index in [1.165, 1.54) is 42.3 Å². The predicted molar refractivity (Wildman–Crippen MR) is 118 cm³/mol. The van der Waals surface area contributed by atoms with Crippen LogP contribution in [0.3, 0.4) is 0 Å². The van der Waals surface area contributed by atoms with Gasteiger partial charge in [0.25, 0.3) is 5.91 Å². The first kappa shape index (κ1) is 22.5. The van der Waals surface area contributed by atoms with Crippen molar-refractivity contribution in [3.05, 3.63) is 40.5 Å². The summed E-state index contributed by atoms with van der Waals surface area (Å²) in [7, 11) is 1.67. The number of amides is 2. The van der Waals surface area contributed by atoms with E-state index in [2.05, 4.69) is 17.2 Å². The van der Waals surface area contributed by atoms with Crippen LogP contribution in [-0.4, -0.2) is 41.2 Å². The Morgan fingerprint density at radius 2 is 1.86 bits per heavy atom. The minimum Gasteiger partial charge on any atom is -0.355 e. The molecule has 28 heavy (non-hydrogen) atoms. The molecule has 1 heterocycles. The number of benzene rings is 1. The summed E-state index contributed by atoms with van der Waals surface area (Å²) in [5.41, 5.74) is 1.22. The number of carbonyl (C=O) groups excluding carboxylic acids is 2. The van der Waals surface area contributed by atoms with Gasteiger partial charge in [-0.05, 0) is 30.2 Å². The first-order valence-electron chi connectivity index (χ1n) is 9.74. The topological polar surface area (TPSA) is 61.8 Å². The lowest BCUT2D eigenvalue weighted by Gasteiger charge is -2.10. The Morgan fingerprint density at radius 1 is 1.18 bits per heavy atom. The average Bonchev–Trinajstić information content (AvgIpc) is 2.95. The summed E-state index contributed by atoms with van der Waals surface area (Å²) in [5.74, 6) is 0.0442. The van der Waals surface area contributed by atoms with Crippen molar-refractivity contribution < 1.29 is 9.59 Å². The number of halogens is 1. The van der Waals surface area contributed by atoms with Crippen LogP contribution in [-0.2, 0) is 9.59 Å². The Kier molecular flexibility index (Phi) is 9.58. The quantitative estimate of drug-likeness (QED) is 0.439. The van der Waals surface area contributed by atoms with Crippen molar-refractivity contribution in [2.24, 2.45) is 4.99 Å². The second-order valence-corrected chi connectivity index (χ2v) is 8.13. The fourth-order valence-corrected chi connectivity index (χ4v) is 3.67. The first-order chi connectivity index (χ1) is 13.5. The minimum atomic E-state index is -0.176. The van der Waals surface area contributed by atoms with E-state index in [4.69, 9.17) is 11.6 Å². The third-order valence-corrected chi connectivity index (χ3v) is 5.67. The molecule has 5 nitrogen and oxygen atoms in total. The maximum Gasteiger partial charge on any atom is 0.278 e. The molecule has 2 rings (SSSR count). The third kappa shape index (κ3) is 7.32. The molecule has 0 aromatic heterocycles. The summed E-state index contributed by atoms with van der Waals surface area (Å²) in [6.07, 6.45) is 8.90. The van der Waals surface area contributed by atoms with Gasteiger partial charge in [0, 0.05) is 18.6 Å². The number of nitrogens with zero attached hydrogens (tertiary/aromatic N) is 2. The lowest BCUT2D eigenvalue weighted by molar-refractivity contribution is -0.121. The van der Waals surface area contributed by atoms with E-state index >= 15 is 0 Å². The molecule has 0 unspecified atom stereocenters. The Hall–Kier alpha value is -1.79. The van der Waals surface area contributed by atoms with Gasteiger partial charge < -0.3 is 5.32 Å². The second kappa shape index (κ2) is 11.9. The maximum absolute atomic E-state index is 12.4. The van der Waals surface area contributed by atoms with Crippen LogP contribution in [0, 0.1) is 0 Å². The number of hydrogen-bond donors (Lipinski definition) is 1. The number of nitrogens with one attached hydrogen (secondary N) is 1. The van der Waals surface area contributed by atoms with Crippen molar-refractivity contribution in [2.45, 2.75) is 45.4 Å². The molecule has 0 fully saturated rings. The van der Waals surface area contributed by atoms with Crippen molar-refractivity contribution in [3.8, 4) is 0 Å². The van der Waals surface area contributed by atoms with Crippen molar-refractivity contribution in [2.75, 3.05) is 19.3 Å². The number of rotatable bonds is 10. The fraction of sp³-hybridized carbons (Fsp3) is 0.476. The summed E-state index contributed by atoms with van der Waals surface area (Å²) in [6, 6.07) is 7.20. The highest BCUT2D eigenvalue weighted by Gasteiger charge is 2.27. The van der Waals surface area contributed by atoms with Crippen LogP contribution < -0.4 is 5.32 Å². The normalized spacial score (nSPS) is 15.2. The van der Waals surface area contributed by atoms with Gasteiger partial charge in [-0.25, -0.2) is 4.99 Å². The molecule has 0 bridgehead atoms. The Morgan fingerprint density at radius 3 is 2.57 bits per heavy atom. The number of hydrogen-bond acceptors (Lipinski definition) is 4. The molecule has 0 saturated heterocycles. The highest BCUT2D eigenvalue weighted by molar-refractivity contribution is 8.14. The average molecular weight is 422 g/mol. The van der Waals surface area contributed by atoms with Crippen LogP contribution in [0.15, 0.2) is 35.0 Å². The van der Waals surface area contributed by atoms with Crippen molar-refractivity contribution in [1.82, 2.24) is 10.2 Å². The van der Waals surface area contributed by atoms with Gasteiger partial charge in [-0.3, -0.25) is 14.5 Å². The molecule has 0 saturated carbocycles. The number of thioether (sulfide) groups is 1. The molecule has 1 N–H and O–H groups in total. The number of unbranched alkanes of at least 4 members (excludes halogenated alkanes) is 5. The molecule has 152 valence electrons. The van der Waals surface area contributed by atoms with Crippen LogP contribution >= 0.6 is 23.4 Å². The van der Waals surface area contributed by atoms with Gasteiger partial charge in [-0.1, -0.05) is 74.5 Å². The fourth-order valence-electron chi connectivity index (χ4n) is 2.74. The van der Waals surface area contributed by atoms with Crippen LogP contribution in [0.5, 0.6) is 0 Å². The largest absolute Gasteiger partial charge is 0.355 e. The number of likely N-dealkylation sites (N-methyl/N-ethyl adjacent to an activating group) is 1. The van der Waals surface area contributed by atoms with Crippen LogP contribution in [0.4, 0.5) is 0 Å². The third-order valence-electron chi connectivity index (χ3n) is 4.39. The monoisotopic (exact) mass is 421 g/mol. The standard InChI is InChI=1S/C21H28ClN3O2S/c1-3-4-5-6-7-8-13-23-19(26)15-28-21-24-18(20(27)25(21)2)14-16-9-11-17(22)12-10-16/h9-12,14H,3-8,13,15H2,1-2H3,(H,23,26)/b18-14-. The van der Waals surface area contributed by atoms with E-state index in [9.17, 15) is 9.59 Å². The van der Waals surface area contributed by atoms with Crippen molar-refractivity contribution >= 4 is 46.4 Å². The van der Waals surface area contributed by atoms with E-state index in [1.54, 1.807) is 25.3 Å². The number of carbonyl (C=O) groups is 2. The van der Waals surface area contributed by atoms with Gasteiger partial charge in [0.05, 0.1) is 5.75 Å². The van der Waals surface area contributed by atoms with Crippen LogP contribution in [0.25, 0.3) is 6.08 Å². The SMILES string of the molecule is CCCCCCCCNC(=O)CSC1=N/C(=C\c2ccc(Cl)cc2)C(=O)N1C. The minimum absolute atomic E-state index is 0.0303. The molecule has 0 radical (unpaired) electrons. The van der Waals surface area contributed by atoms with Gasteiger partial charge >= 0.3 is 0 Å². The first-order valence-corrected chi connectivity index (χ1v) is 11.1. The Bertz CT molecular complexity index is 732. The van der Waals surface area contributed by atoms with Crippen molar-refractivity contribution in [1.29, 1.82) is 0 Å². The molecule has 0 spiro atoms. The van der Waals surface area contributed by atoms with Crippen LogP contribution in [0.1, 0.15) is 51.0 Å². The van der Waals surface area contributed by atoms with Gasteiger partial charge in [-0.2, -0.15) is 0 Å². The highest BCUT2D eigenvalue weighted by atomic mass is 35.5. The van der Waals surface area contributed by atoms with Gasteiger partial charge in [-0.15, -0.1) is 0 Å². The molecule has 2 amide bonds. The molecule has 1 aromatic rings. The van der Waals surface area contributed by atoms with E-state index in [-0.39, 0.29) is 17.6 Å². The molecule has 1 aliphatic heterocycles. The lowest BCUT2D eigenvalue weighted by Crippen LogP contribution is -2.29. The lowest BCUT2D eigenvalue weighted by atomic mass is 10.1. The Labute approximate surface area is 176 Å². The molecular weight excluding hydrogens is 394 g/mol. The summed E-state index contributed by atoms with van der Waals surface area (Å²) in [5, 5.41) is 4.12. The maximum atomic E-state index is 12.4. The summed E-state index contributed by atoms with van der Waals surface area (Å²) in [6.45, 7) is 2.91. The van der Waals surface area contributed by atoms with Crippen LogP contribution in [0.2, 0.25) is 5.02 Å². The summed E-state index contributed by atoms with van der Waals surface area (Å²) in [4.78, 5) is 30.2. The molecular formula is C21H28ClN3O2S. The molecule has 1 aliphatic rings. The summed E-state index contributed by atoms with van der Waals surface area (Å²) >= 11 is 7.16. The zero-order valence-electron chi connectivity index (χ0n) is 16.5.